The van der Waals surface area contributed by atoms with E-state index in [1.807, 2.05) is 0 Å². The second-order valence-electron chi connectivity index (χ2n) is 1.94. The number of halogens is 1. The van der Waals surface area contributed by atoms with Crippen LogP contribution in [0, 0.1) is 6.07 Å². The zero-order valence-corrected chi connectivity index (χ0v) is 6.68. The van der Waals surface area contributed by atoms with Crippen molar-refractivity contribution in [2.24, 2.45) is 0 Å². The maximum atomic E-state index is 10.5. The molecule has 1 radical (unpaired) electrons. The number of ether oxygens (including phenoxy) is 1. The Bertz CT molecular complexity index is 271. The van der Waals surface area contributed by atoms with Crippen molar-refractivity contribution in [1.29, 1.82) is 0 Å². The van der Waals surface area contributed by atoms with Crippen LogP contribution in [-0.4, -0.2) is 5.97 Å². The molecule has 0 spiro atoms. The molecule has 11 heavy (non-hydrogen) atoms. The third-order valence-electron chi connectivity index (χ3n) is 1.02. The van der Waals surface area contributed by atoms with Crippen LogP contribution in [0.3, 0.4) is 0 Å². The normalized spacial score (nSPS) is 9.27. The van der Waals surface area contributed by atoms with E-state index in [9.17, 15) is 4.79 Å². The molecule has 57 valence electrons. The minimum absolute atomic E-state index is 0.279. The largest absolute Gasteiger partial charge is 0.424 e. The van der Waals surface area contributed by atoms with Crippen LogP contribution in [0.4, 0.5) is 0 Å². The van der Waals surface area contributed by atoms with E-state index in [1.54, 1.807) is 18.2 Å². The molecule has 0 N–H and O–H groups in total. The molecule has 1 aromatic carbocycles. The quantitative estimate of drug-likeness (QED) is 0.475. The molecule has 1 rings (SSSR count). The number of rotatable bonds is 1. The molecule has 0 aliphatic heterocycles. The summed E-state index contributed by atoms with van der Waals surface area (Å²) in [6.07, 6.45) is 0. The lowest BCUT2D eigenvalue weighted by Gasteiger charge is -2.00. The third-order valence-corrected chi connectivity index (χ3v) is 1.31. The van der Waals surface area contributed by atoms with Crippen LogP contribution in [-0.2, 0) is 4.79 Å². The number of benzene rings is 1. The minimum Gasteiger partial charge on any atom is -0.424 e. The van der Waals surface area contributed by atoms with Crippen LogP contribution < -0.4 is 4.74 Å². The first-order valence-corrected chi connectivity index (χ1v) is 3.42. The average molecular weight is 170 g/mol. The maximum absolute atomic E-state index is 10.5. The van der Waals surface area contributed by atoms with E-state index in [-0.39, 0.29) is 5.75 Å². The highest BCUT2D eigenvalue weighted by Crippen LogP contribution is 2.22. The molecule has 0 bridgehead atoms. The van der Waals surface area contributed by atoms with Gasteiger partial charge >= 0.3 is 5.97 Å². The fourth-order valence-corrected chi connectivity index (χ4v) is 0.789. The lowest BCUT2D eigenvalue weighted by Crippen LogP contribution is -2.01. The van der Waals surface area contributed by atoms with Gasteiger partial charge in [-0.3, -0.25) is 4.79 Å². The summed E-state index contributed by atoms with van der Waals surface area (Å²) in [5.41, 5.74) is 0. The molecule has 1 aromatic rings. The summed E-state index contributed by atoms with van der Waals surface area (Å²) in [6.45, 7) is 1.32. The van der Waals surface area contributed by atoms with Crippen molar-refractivity contribution in [1.82, 2.24) is 0 Å². The van der Waals surface area contributed by atoms with Crippen molar-refractivity contribution >= 4 is 17.6 Å². The first-order valence-electron chi connectivity index (χ1n) is 3.05. The van der Waals surface area contributed by atoms with Gasteiger partial charge in [0.05, 0.1) is 5.02 Å². The van der Waals surface area contributed by atoms with Gasteiger partial charge in [-0.25, -0.2) is 0 Å². The lowest BCUT2D eigenvalue weighted by molar-refractivity contribution is -0.131. The summed E-state index contributed by atoms with van der Waals surface area (Å²) in [6, 6.07) is 7.67. The molecule has 0 aliphatic rings. The second-order valence-corrected chi connectivity index (χ2v) is 2.35. The Labute approximate surface area is 69.7 Å². The van der Waals surface area contributed by atoms with Gasteiger partial charge in [0.15, 0.2) is 5.75 Å². The monoisotopic (exact) mass is 169 g/mol. The smallest absolute Gasteiger partial charge is 0.308 e. The summed E-state index contributed by atoms with van der Waals surface area (Å²) >= 11 is 5.66. The van der Waals surface area contributed by atoms with E-state index in [0.717, 1.165) is 0 Å². The zero-order valence-electron chi connectivity index (χ0n) is 5.93. The molecule has 0 fully saturated rings. The Kier molecular flexibility index (Phi) is 2.49. The highest BCUT2D eigenvalue weighted by atomic mass is 35.5. The highest BCUT2D eigenvalue weighted by molar-refractivity contribution is 6.32. The van der Waals surface area contributed by atoms with Crippen LogP contribution in [0.1, 0.15) is 6.92 Å². The van der Waals surface area contributed by atoms with E-state index in [2.05, 4.69) is 6.07 Å². The highest BCUT2D eigenvalue weighted by Gasteiger charge is 2.01. The van der Waals surface area contributed by atoms with Crippen LogP contribution in [0.15, 0.2) is 18.2 Å². The number of hydrogen-bond donors (Lipinski definition) is 0. The second kappa shape index (κ2) is 3.39. The topological polar surface area (TPSA) is 26.3 Å². The number of para-hydroxylation sites is 1. The van der Waals surface area contributed by atoms with Crippen LogP contribution in [0.25, 0.3) is 0 Å². The summed E-state index contributed by atoms with van der Waals surface area (Å²) in [4.78, 5) is 10.5. The fraction of sp³-hybridized carbons (Fsp3) is 0.125. The molecular weight excluding hydrogens is 164 g/mol. The fourth-order valence-electron chi connectivity index (χ4n) is 0.623. The van der Waals surface area contributed by atoms with Gasteiger partial charge in [0, 0.05) is 13.0 Å². The Morgan fingerprint density at radius 2 is 2.45 bits per heavy atom. The lowest BCUT2D eigenvalue weighted by atomic mass is 10.3. The first-order chi connectivity index (χ1) is 5.20. The zero-order chi connectivity index (χ0) is 8.27. The number of carbonyl (C=O) groups excluding carboxylic acids is 1. The summed E-state index contributed by atoms with van der Waals surface area (Å²) in [5, 5.41) is 0.391. The molecular formula is C8H6ClO2. The Balaban J connectivity index is 2.86. The summed E-state index contributed by atoms with van der Waals surface area (Å²) in [7, 11) is 0. The van der Waals surface area contributed by atoms with Gasteiger partial charge in [-0.1, -0.05) is 23.7 Å². The Hall–Kier alpha value is -1.02. The molecule has 2 nitrogen and oxygen atoms in total. The molecule has 0 heterocycles. The van der Waals surface area contributed by atoms with Gasteiger partial charge in [0.25, 0.3) is 0 Å². The number of carbonyl (C=O) groups is 1. The first kappa shape index (κ1) is 8.08. The van der Waals surface area contributed by atoms with Crippen molar-refractivity contribution in [3.8, 4) is 5.75 Å². The number of esters is 1. The molecule has 0 aromatic heterocycles. The third kappa shape index (κ3) is 2.24. The van der Waals surface area contributed by atoms with E-state index in [1.165, 1.54) is 6.92 Å². The molecule has 0 amide bonds. The SMILES string of the molecule is CC(=O)Oc1[c]cccc1Cl. The van der Waals surface area contributed by atoms with Gasteiger partial charge in [-0.2, -0.15) is 0 Å². The van der Waals surface area contributed by atoms with E-state index in [0.29, 0.717) is 5.02 Å². The molecule has 0 unspecified atom stereocenters. The van der Waals surface area contributed by atoms with Crippen molar-refractivity contribution in [3.63, 3.8) is 0 Å². The Morgan fingerprint density at radius 3 is 3.00 bits per heavy atom. The van der Waals surface area contributed by atoms with Crippen molar-refractivity contribution in [2.75, 3.05) is 0 Å². The molecule has 0 saturated heterocycles. The summed E-state index contributed by atoms with van der Waals surface area (Å²) in [5.74, 6) is -0.115. The Morgan fingerprint density at radius 1 is 1.73 bits per heavy atom. The van der Waals surface area contributed by atoms with Crippen LogP contribution >= 0.6 is 11.6 Å². The van der Waals surface area contributed by atoms with Gasteiger partial charge < -0.3 is 4.74 Å². The molecule has 3 heteroatoms. The van der Waals surface area contributed by atoms with Crippen LogP contribution in [0.5, 0.6) is 5.75 Å². The van der Waals surface area contributed by atoms with Crippen LogP contribution in [0.2, 0.25) is 5.02 Å². The standard InChI is InChI=1S/C8H6ClO2/c1-6(10)11-8-5-3-2-4-7(8)9/h2-4H,1H3. The average Bonchev–Trinajstić information content (AvgIpc) is 1.93. The predicted molar refractivity (Wildman–Crippen MR) is 41.6 cm³/mol. The predicted octanol–water partition coefficient (Wildman–Crippen LogP) is 2.07. The molecule has 0 aliphatic carbocycles. The maximum Gasteiger partial charge on any atom is 0.308 e. The summed E-state index contributed by atoms with van der Waals surface area (Å²) < 4.78 is 4.72. The molecule has 0 atom stereocenters. The van der Waals surface area contributed by atoms with Gasteiger partial charge in [0.1, 0.15) is 0 Å². The van der Waals surface area contributed by atoms with Crippen molar-refractivity contribution < 1.29 is 9.53 Å². The van der Waals surface area contributed by atoms with Gasteiger partial charge in [-0.15, -0.1) is 0 Å². The number of hydrogen-bond acceptors (Lipinski definition) is 2. The molecule has 0 saturated carbocycles. The van der Waals surface area contributed by atoms with Gasteiger partial charge in [-0.05, 0) is 6.07 Å². The van der Waals surface area contributed by atoms with E-state index >= 15 is 0 Å². The van der Waals surface area contributed by atoms with Crippen molar-refractivity contribution in [2.45, 2.75) is 6.92 Å². The minimum atomic E-state index is -0.394. The van der Waals surface area contributed by atoms with E-state index in [4.69, 9.17) is 16.3 Å². The van der Waals surface area contributed by atoms with Crippen molar-refractivity contribution in [3.05, 3.63) is 29.3 Å². The van der Waals surface area contributed by atoms with E-state index < -0.39 is 5.97 Å². The van der Waals surface area contributed by atoms with Gasteiger partial charge in [0.2, 0.25) is 0 Å².